The zero-order chi connectivity index (χ0) is 30.0. The number of anilines is 1. The van der Waals surface area contributed by atoms with Crippen molar-refractivity contribution in [3.8, 4) is 0 Å². The van der Waals surface area contributed by atoms with E-state index in [2.05, 4.69) is 17.1 Å². The Morgan fingerprint density at radius 1 is 1.05 bits per heavy atom. The molecule has 9 heteroatoms. The van der Waals surface area contributed by atoms with Crippen LogP contribution < -0.4 is 10.2 Å². The van der Waals surface area contributed by atoms with Crippen LogP contribution in [0.25, 0.3) is 0 Å². The van der Waals surface area contributed by atoms with E-state index in [1.54, 1.807) is 25.2 Å². The Kier molecular flexibility index (Phi) is 9.11. The highest BCUT2D eigenvalue weighted by Crippen LogP contribution is 2.46. The molecule has 5 rings (SSSR count). The first-order valence-electron chi connectivity index (χ1n) is 14.4. The lowest BCUT2D eigenvalue weighted by molar-refractivity contribution is -0.123. The molecule has 2 heterocycles. The Balaban J connectivity index is 1.34. The lowest BCUT2D eigenvalue weighted by atomic mass is 9.80. The summed E-state index contributed by atoms with van der Waals surface area (Å²) in [7, 11) is 1.64. The molecular weight excluding hydrogens is 576 g/mol. The third kappa shape index (κ3) is 6.29. The molecule has 0 saturated carbocycles. The van der Waals surface area contributed by atoms with E-state index >= 15 is 0 Å². The highest BCUT2D eigenvalue weighted by atomic mass is 35.5. The van der Waals surface area contributed by atoms with Crippen LogP contribution in [0, 0.1) is 12.7 Å². The van der Waals surface area contributed by atoms with E-state index in [0.29, 0.717) is 60.2 Å². The summed E-state index contributed by atoms with van der Waals surface area (Å²) in [4.78, 5) is 30.2. The summed E-state index contributed by atoms with van der Waals surface area (Å²) >= 11 is 12.6. The molecular formula is C33H36Cl2FN3O3. The Morgan fingerprint density at radius 2 is 1.76 bits per heavy atom. The minimum Gasteiger partial charge on any atom is -0.437 e. The maximum Gasteiger partial charge on any atom is 0.414 e. The summed E-state index contributed by atoms with van der Waals surface area (Å²) in [6.07, 6.45) is 2.05. The third-order valence-corrected chi connectivity index (χ3v) is 9.46. The molecule has 1 spiro atoms. The van der Waals surface area contributed by atoms with E-state index in [4.69, 9.17) is 27.9 Å². The fourth-order valence-electron chi connectivity index (χ4n) is 6.16. The summed E-state index contributed by atoms with van der Waals surface area (Å²) in [6.45, 7) is 5.86. The first kappa shape index (κ1) is 30.3. The number of nitrogens with one attached hydrogen (secondary N) is 1. The predicted molar refractivity (Wildman–Crippen MR) is 165 cm³/mol. The number of aryl methyl sites for hydroxylation is 1. The standard InChI is InChI=1S/C33H36Cl2FN3O3/c1-4-25(39-15-13-33(14-16-39)27-18-24(36)10-12-30(27)38(3)32(41)42-33)19-26(23-9-11-28(34)29(35)17-23)31(40)37-20-22-7-5-21(2)6-8-22/h5-12,17-18,25-26H,4,13-16,19-20H2,1-3H3,(H,37,40). The molecule has 0 bridgehead atoms. The summed E-state index contributed by atoms with van der Waals surface area (Å²) in [5, 5.41) is 3.98. The Morgan fingerprint density at radius 3 is 2.43 bits per heavy atom. The molecule has 2 aliphatic rings. The number of hydrogen-bond donors (Lipinski definition) is 1. The molecule has 222 valence electrons. The molecule has 2 unspecified atom stereocenters. The molecule has 2 aliphatic heterocycles. The first-order chi connectivity index (χ1) is 20.1. The first-order valence-corrected chi connectivity index (χ1v) is 15.1. The van der Waals surface area contributed by atoms with Gasteiger partial charge in [0.15, 0.2) is 0 Å². The zero-order valence-electron chi connectivity index (χ0n) is 24.1. The number of halogens is 3. The SMILES string of the molecule is CCC(CC(C(=O)NCc1ccc(C)cc1)c1ccc(Cl)c(Cl)c1)N1CCC2(CC1)OC(=O)N(C)c1ccc(F)cc12. The number of benzene rings is 3. The van der Waals surface area contributed by atoms with E-state index in [1.165, 1.54) is 17.0 Å². The van der Waals surface area contributed by atoms with Crippen molar-refractivity contribution in [1.82, 2.24) is 10.2 Å². The minimum atomic E-state index is -0.871. The normalized spacial score (nSPS) is 17.9. The second-order valence-electron chi connectivity index (χ2n) is 11.3. The zero-order valence-corrected chi connectivity index (χ0v) is 25.6. The van der Waals surface area contributed by atoms with Gasteiger partial charge in [-0.1, -0.05) is 66.0 Å². The van der Waals surface area contributed by atoms with Gasteiger partial charge < -0.3 is 15.0 Å². The number of hydrogen-bond acceptors (Lipinski definition) is 4. The number of ether oxygens (including phenoxy) is 1. The van der Waals surface area contributed by atoms with Gasteiger partial charge in [0.1, 0.15) is 11.4 Å². The van der Waals surface area contributed by atoms with Gasteiger partial charge in [0.2, 0.25) is 5.91 Å². The van der Waals surface area contributed by atoms with Crippen molar-refractivity contribution >= 4 is 40.9 Å². The lowest BCUT2D eigenvalue weighted by Gasteiger charge is -2.47. The molecule has 1 N–H and O–H groups in total. The molecule has 2 atom stereocenters. The largest absolute Gasteiger partial charge is 0.437 e. The van der Waals surface area contributed by atoms with Crippen molar-refractivity contribution in [1.29, 1.82) is 0 Å². The highest BCUT2D eigenvalue weighted by Gasteiger charge is 2.47. The van der Waals surface area contributed by atoms with Crippen molar-refractivity contribution in [2.75, 3.05) is 25.0 Å². The van der Waals surface area contributed by atoms with Crippen LogP contribution >= 0.6 is 23.2 Å². The molecule has 1 saturated heterocycles. The van der Waals surface area contributed by atoms with Gasteiger partial charge in [0.25, 0.3) is 0 Å². The predicted octanol–water partition coefficient (Wildman–Crippen LogP) is 7.59. The van der Waals surface area contributed by atoms with Gasteiger partial charge in [0, 0.05) is 51.1 Å². The number of fused-ring (bicyclic) bond motifs is 2. The summed E-state index contributed by atoms with van der Waals surface area (Å²) in [6, 6.07) is 18.1. The second kappa shape index (κ2) is 12.6. The number of amides is 2. The van der Waals surface area contributed by atoms with Crippen LogP contribution in [-0.4, -0.2) is 43.1 Å². The van der Waals surface area contributed by atoms with Crippen molar-refractivity contribution in [3.05, 3.63) is 98.8 Å². The molecule has 3 aromatic rings. The van der Waals surface area contributed by atoms with Gasteiger partial charge in [-0.05, 0) is 61.2 Å². The van der Waals surface area contributed by atoms with Crippen molar-refractivity contribution in [2.45, 2.75) is 63.6 Å². The van der Waals surface area contributed by atoms with Gasteiger partial charge in [-0.25, -0.2) is 9.18 Å². The fourth-order valence-corrected chi connectivity index (χ4v) is 6.47. The Labute approximate surface area is 256 Å². The molecule has 2 amide bonds. The van der Waals surface area contributed by atoms with Crippen LogP contribution in [0.1, 0.15) is 60.8 Å². The number of nitrogens with zero attached hydrogens (tertiary/aromatic N) is 2. The number of likely N-dealkylation sites (tertiary alicyclic amines) is 1. The fraction of sp³-hybridized carbons (Fsp3) is 0.394. The molecule has 1 fully saturated rings. The van der Waals surface area contributed by atoms with Crippen LogP contribution in [0.2, 0.25) is 10.0 Å². The van der Waals surface area contributed by atoms with Gasteiger partial charge in [-0.3, -0.25) is 9.69 Å². The Bertz CT molecular complexity index is 1460. The average Bonchev–Trinajstić information content (AvgIpc) is 2.98. The maximum atomic E-state index is 14.3. The van der Waals surface area contributed by atoms with E-state index in [9.17, 15) is 14.0 Å². The van der Waals surface area contributed by atoms with E-state index in [1.807, 2.05) is 37.3 Å². The molecule has 42 heavy (non-hydrogen) atoms. The van der Waals surface area contributed by atoms with Crippen LogP contribution in [0.3, 0.4) is 0 Å². The molecule has 3 aromatic carbocycles. The topological polar surface area (TPSA) is 61.9 Å². The number of carbonyl (C=O) groups excluding carboxylic acids is 2. The lowest BCUT2D eigenvalue weighted by Crippen LogP contribution is -2.52. The third-order valence-electron chi connectivity index (χ3n) is 8.72. The van der Waals surface area contributed by atoms with Crippen molar-refractivity contribution in [3.63, 3.8) is 0 Å². The van der Waals surface area contributed by atoms with Gasteiger partial charge in [0.05, 0.1) is 21.7 Å². The smallest absolute Gasteiger partial charge is 0.414 e. The highest BCUT2D eigenvalue weighted by molar-refractivity contribution is 6.42. The van der Waals surface area contributed by atoms with Gasteiger partial charge in [-0.15, -0.1) is 0 Å². The number of rotatable bonds is 8. The summed E-state index contributed by atoms with van der Waals surface area (Å²) < 4.78 is 20.3. The van der Waals surface area contributed by atoms with Crippen LogP contribution in [0.15, 0.2) is 60.7 Å². The van der Waals surface area contributed by atoms with Crippen LogP contribution in [0.5, 0.6) is 0 Å². The Hall–Kier alpha value is -3.13. The molecule has 0 aromatic heterocycles. The van der Waals surface area contributed by atoms with E-state index in [-0.39, 0.29) is 17.8 Å². The average molecular weight is 613 g/mol. The van der Waals surface area contributed by atoms with Gasteiger partial charge in [-0.2, -0.15) is 0 Å². The monoisotopic (exact) mass is 611 g/mol. The molecule has 0 radical (unpaired) electrons. The number of carbonyl (C=O) groups is 2. The minimum absolute atomic E-state index is 0.0745. The molecule has 0 aliphatic carbocycles. The van der Waals surface area contributed by atoms with Crippen LogP contribution in [0.4, 0.5) is 14.9 Å². The summed E-state index contributed by atoms with van der Waals surface area (Å²) in [5.74, 6) is -0.869. The van der Waals surface area contributed by atoms with Crippen LogP contribution in [-0.2, 0) is 21.7 Å². The quantitative estimate of drug-likeness (QED) is 0.285. The molecule has 6 nitrogen and oxygen atoms in total. The van der Waals surface area contributed by atoms with Crippen molar-refractivity contribution < 1.29 is 18.7 Å². The van der Waals surface area contributed by atoms with Crippen molar-refractivity contribution in [2.24, 2.45) is 0 Å². The van der Waals surface area contributed by atoms with E-state index < -0.39 is 17.6 Å². The second-order valence-corrected chi connectivity index (χ2v) is 12.2. The maximum absolute atomic E-state index is 14.3. The number of piperidine rings is 1. The van der Waals surface area contributed by atoms with Gasteiger partial charge >= 0.3 is 6.09 Å². The van der Waals surface area contributed by atoms with E-state index in [0.717, 1.165) is 23.1 Å². The summed E-state index contributed by atoms with van der Waals surface area (Å²) in [5.41, 5.74) is 3.52.